The predicted octanol–water partition coefficient (Wildman–Crippen LogP) is 1.75. The van der Waals surface area contributed by atoms with E-state index in [0.717, 1.165) is 22.3 Å². The first kappa shape index (κ1) is 14.6. The zero-order valence-corrected chi connectivity index (χ0v) is 11.8. The maximum absolute atomic E-state index is 11.6. The number of hydrogen-bond donors (Lipinski definition) is 2. The number of aryl methyl sites for hydroxylation is 1. The molecule has 0 fully saturated rings. The highest BCUT2D eigenvalue weighted by atomic mass is 16.5. The topological polar surface area (TPSA) is 71.7 Å². The van der Waals surface area contributed by atoms with Gasteiger partial charge in [-0.15, -0.1) is 0 Å². The highest BCUT2D eigenvalue weighted by molar-refractivity contribution is 5.82. The van der Waals surface area contributed by atoms with Crippen molar-refractivity contribution in [3.63, 3.8) is 0 Å². The Bertz CT molecular complexity index is 603. The predicted molar refractivity (Wildman–Crippen MR) is 75.3 cm³/mol. The minimum Gasteiger partial charge on any atom is -0.468 e. The summed E-state index contributed by atoms with van der Waals surface area (Å²) < 4.78 is 10.3. The molecule has 2 atom stereocenters. The monoisotopic (exact) mass is 277 g/mol. The van der Waals surface area contributed by atoms with E-state index in [1.54, 1.807) is 6.92 Å². The summed E-state index contributed by atoms with van der Waals surface area (Å²) in [4.78, 5) is 11.6. The smallest absolute Gasteiger partial charge is 0.325 e. The number of hydrogen-bond acceptors (Lipinski definition) is 5. The van der Waals surface area contributed by atoms with Crippen molar-refractivity contribution in [2.24, 2.45) is 0 Å². The van der Waals surface area contributed by atoms with Gasteiger partial charge in [0.1, 0.15) is 17.4 Å². The number of benzene rings is 1. The van der Waals surface area contributed by atoms with Crippen LogP contribution in [0.1, 0.15) is 18.2 Å². The van der Waals surface area contributed by atoms with Crippen molar-refractivity contribution in [2.75, 3.05) is 7.11 Å². The van der Waals surface area contributed by atoms with Gasteiger partial charge in [-0.2, -0.15) is 0 Å². The Morgan fingerprint density at radius 2 is 2.15 bits per heavy atom. The molecule has 2 N–H and O–H groups in total. The summed E-state index contributed by atoms with van der Waals surface area (Å²) in [7, 11) is 1.30. The zero-order chi connectivity index (χ0) is 14.7. The molecule has 0 unspecified atom stereocenters. The molecule has 1 heterocycles. The molecule has 0 bridgehead atoms. The van der Waals surface area contributed by atoms with E-state index in [1.165, 1.54) is 7.11 Å². The van der Waals surface area contributed by atoms with E-state index in [9.17, 15) is 9.90 Å². The Balaban J connectivity index is 2.20. The van der Waals surface area contributed by atoms with Crippen LogP contribution in [0, 0.1) is 6.92 Å². The van der Waals surface area contributed by atoms with E-state index in [0.29, 0.717) is 6.54 Å². The van der Waals surface area contributed by atoms with Crippen molar-refractivity contribution in [2.45, 2.75) is 32.5 Å². The molecule has 108 valence electrons. The molecule has 0 saturated heterocycles. The molecule has 20 heavy (non-hydrogen) atoms. The SMILES string of the molecule is COC(=O)[C@@H](NCc1c(C)oc2ccccc12)[C@@H](C)O. The van der Waals surface area contributed by atoms with E-state index in [-0.39, 0.29) is 0 Å². The van der Waals surface area contributed by atoms with E-state index >= 15 is 0 Å². The van der Waals surface area contributed by atoms with Gasteiger partial charge < -0.3 is 14.3 Å². The van der Waals surface area contributed by atoms with Crippen molar-refractivity contribution < 1.29 is 19.1 Å². The van der Waals surface area contributed by atoms with Crippen LogP contribution in [0.2, 0.25) is 0 Å². The first-order valence-corrected chi connectivity index (χ1v) is 6.51. The number of aliphatic hydroxyl groups is 1. The molecule has 0 amide bonds. The fourth-order valence-corrected chi connectivity index (χ4v) is 2.23. The second-order valence-corrected chi connectivity index (χ2v) is 4.76. The van der Waals surface area contributed by atoms with Crippen molar-refractivity contribution >= 4 is 16.9 Å². The number of carbonyl (C=O) groups excluding carboxylic acids is 1. The lowest BCUT2D eigenvalue weighted by atomic mass is 10.1. The number of rotatable bonds is 5. The number of carbonyl (C=O) groups is 1. The molecule has 5 heteroatoms. The zero-order valence-electron chi connectivity index (χ0n) is 11.8. The van der Waals surface area contributed by atoms with Gasteiger partial charge in [-0.05, 0) is 19.9 Å². The lowest BCUT2D eigenvalue weighted by Crippen LogP contribution is -2.45. The van der Waals surface area contributed by atoms with Gasteiger partial charge in [0.2, 0.25) is 0 Å². The number of para-hydroxylation sites is 1. The fourth-order valence-electron chi connectivity index (χ4n) is 2.23. The lowest BCUT2D eigenvalue weighted by molar-refractivity contribution is -0.145. The van der Waals surface area contributed by atoms with Crippen LogP contribution < -0.4 is 5.32 Å². The molecule has 0 aliphatic rings. The number of methoxy groups -OCH3 is 1. The van der Waals surface area contributed by atoms with Gasteiger partial charge in [0.15, 0.2) is 0 Å². The van der Waals surface area contributed by atoms with Gasteiger partial charge in [0.25, 0.3) is 0 Å². The van der Waals surface area contributed by atoms with Gasteiger partial charge in [-0.3, -0.25) is 10.1 Å². The number of esters is 1. The lowest BCUT2D eigenvalue weighted by Gasteiger charge is -2.18. The summed E-state index contributed by atoms with van der Waals surface area (Å²) in [5, 5.41) is 13.7. The highest BCUT2D eigenvalue weighted by Gasteiger charge is 2.24. The quantitative estimate of drug-likeness (QED) is 0.815. The standard InChI is InChI=1S/C15H19NO4/c1-9(17)14(15(18)19-3)16-8-12-10(2)20-13-7-5-4-6-11(12)13/h4-7,9,14,16-17H,8H2,1-3H3/t9-,14+/m1/s1. The summed E-state index contributed by atoms with van der Waals surface area (Å²) in [5.74, 6) is 0.318. The molecule has 1 aromatic heterocycles. The minimum absolute atomic E-state index is 0.424. The normalized spacial score (nSPS) is 14.2. The van der Waals surface area contributed by atoms with Crippen LogP contribution in [0.4, 0.5) is 0 Å². The number of nitrogens with one attached hydrogen (secondary N) is 1. The van der Waals surface area contributed by atoms with Crippen molar-refractivity contribution in [3.8, 4) is 0 Å². The Kier molecular flexibility index (Phi) is 4.42. The number of fused-ring (bicyclic) bond motifs is 1. The van der Waals surface area contributed by atoms with Crippen molar-refractivity contribution in [3.05, 3.63) is 35.6 Å². The van der Waals surface area contributed by atoms with Crippen molar-refractivity contribution in [1.29, 1.82) is 0 Å². The Hall–Kier alpha value is -1.85. The maximum Gasteiger partial charge on any atom is 0.325 e. The third-order valence-electron chi connectivity index (χ3n) is 3.34. The van der Waals surface area contributed by atoms with Crippen LogP contribution in [-0.4, -0.2) is 30.3 Å². The molecule has 2 rings (SSSR count). The van der Waals surface area contributed by atoms with Gasteiger partial charge in [0, 0.05) is 17.5 Å². The molecule has 0 aliphatic heterocycles. The second kappa shape index (κ2) is 6.07. The average Bonchev–Trinajstić information content (AvgIpc) is 2.74. The Morgan fingerprint density at radius 3 is 2.80 bits per heavy atom. The summed E-state index contributed by atoms with van der Waals surface area (Å²) in [6.45, 7) is 3.86. The highest BCUT2D eigenvalue weighted by Crippen LogP contribution is 2.25. The van der Waals surface area contributed by atoms with E-state index < -0.39 is 18.1 Å². The molecule has 0 aliphatic carbocycles. The van der Waals surface area contributed by atoms with Gasteiger partial charge in [-0.25, -0.2) is 0 Å². The van der Waals surface area contributed by atoms with Gasteiger partial charge in [0.05, 0.1) is 13.2 Å². The third kappa shape index (κ3) is 2.84. The minimum atomic E-state index is -0.832. The molecule has 1 aromatic carbocycles. The van der Waals surface area contributed by atoms with Gasteiger partial charge in [-0.1, -0.05) is 18.2 Å². The molecular formula is C15H19NO4. The molecule has 0 radical (unpaired) electrons. The van der Waals surface area contributed by atoms with Crippen LogP contribution in [0.15, 0.2) is 28.7 Å². The first-order chi connectivity index (χ1) is 9.54. The molecule has 0 spiro atoms. The van der Waals surface area contributed by atoms with E-state index in [4.69, 9.17) is 4.42 Å². The molecule has 2 aromatic rings. The largest absolute Gasteiger partial charge is 0.468 e. The van der Waals surface area contributed by atoms with Crippen molar-refractivity contribution in [1.82, 2.24) is 5.32 Å². The van der Waals surface area contributed by atoms with E-state index in [1.807, 2.05) is 31.2 Å². The number of furan rings is 1. The summed E-state index contributed by atoms with van der Waals surface area (Å²) in [5.41, 5.74) is 1.80. The van der Waals surface area contributed by atoms with Crippen LogP contribution in [0.5, 0.6) is 0 Å². The second-order valence-electron chi connectivity index (χ2n) is 4.76. The third-order valence-corrected chi connectivity index (χ3v) is 3.34. The van der Waals surface area contributed by atoms with E-state index in [2.05, 4.69) is 10.1 Å². The molecular weight excluding hydrogens is 258 g/mol. The van der Waals surface area contributed by atoms with Crippen LogP contribution in [-0.2, 0) is 16.1 Å². The first-order valence-electron chi connectivity index (χ1n) is 6.51. The maximum atomic E-state index is 11.6. The Morgan fingerprint density at radius 1 is 1.45 bits per heavy atom. The van der Waals surface area contributed by atoms with Crippen LogP contribution >= 0.6 is 0 Å². The number of aliphatic hydroxyl groups excluding tert-OH is 1. The molecule has 5 nitrogen and oxygen atoms in total. The van der Waals surface area contributed by atoms with Crippen LogP contribution in [0.25, 0.3) is 11.0 Å². The van der Waals surface area contributed by atoms with Crippen LogP contribution in [0.3, 0.4) is 0 Å². The average molecular weight is 277 g/mol. The summed E-state index contributed by atoms with van der Waals surface area (Å²) in [6.07, 6.45) is -0.832. The Labute approximate surface area is 117 Å². The summed E-state index contributed by atoms with van der Waals surface area (Å²) in [6, 6.07) is 6.97. The fraction of sp³-hybridized carbons (Fsp3) is 0.400. The number of ether oxygens (including phenoxy) is 1. The van der Waals surface area contributed by atoms with Gasteiger partial charge >= 0.3 is 5.97 Å². The summed E-state index contributed by atoms with van der Waals surface area (Å²) >= 11 is 0. The molecule has 0 saturated carbocycles.